The summed E-state index contributed by atoms with van der Waals surface area (Å²) in [6, 6.07) is 9.83. The van der Waals surface area contributed by atoms with E-state index in [4.69, 9.17) is 4.74 Å². The molecule has 1 saturated carbocycles. The number of ether oxygens (including phenoxy) is 1. The van der Waals surface area contributed by atoms with Crippen LogP contribution in [0.2, 0.25) is 0 Å². The van der Waals surface area contributed by atoms with Gasteiger partial charge in [-0.25, -0.2) is 8.42 Å². The molecule has 1 aliphatic carbocycles. The van der Waals surface area contributed by atoms with Gasteiger partial charge in [0, 0.05) is 43.6 Å². The molecule has 0 aromatic heterocycles. The number of nitrogens with one attached hydrogen (secondary N) is 2. The lowest BCUT2D eigenvalue weighted by Crippen LogP contribution is -2.37. The lowest BCUT2D eigenvalue weighted by atomic mass is 9.98. The maximum absolute atomic E-state index is 13.2. The van der Waals surface area contributed by atoms with E-state index in [2.05, 4.69) is 10.6 Å². The molecule has 0 radical (unpaired) electrons. The molecule has 2 aromatic rings. The molecule has 2 aliphatic heterocycles. The number of alkyl halides is 3. The van der Waals surface area contributed by atoms with Gasteiger partial charge in [-0.1, -0.05) is 18.2 Å². The minimum absolute atomic E-state index is 0.120. The van der Waals surface area contributed by atoms with Crippen molar-refractivity contribution in [2.75, 3.05) is 13.2 Å². The number of sulfonamides is 1. The number of amides is 1. The maximum Gasteiger partial charge on any atom is 0.416 e. The van der Waals surface area contributed by atoms with Gasteiger partial charge in [0.15, 0.2) is 0 Å². The van der Waals surface area contributed by atoms with Crippen LogP contribution in [-0.4, -0.2) is 43.9 Å². The standard InChI is InChI=1S/C27H32F3N3O4S/c28-27(29,30)19-3-1-5-22(16-19)38(35,36)33-13-2-4-21(33)9-11-26(34)32-24-12-14-37-25-15-18(6-10-23(24)25)17-31-20-7-8-20/h1,3,5-6,10,15-16,20-21,24,31H,2,4,7-9,11-14,17H2,(H,32,34). The zero-order valence-electron chi connectivity index (χ0n) is 21.0. The van der Waals surface area contributed by atoms with Crippen LogP contribution in [-0.2, 0) is 27.5 Å². The van der Waals surface area contributed by atoms with E-state index in [1.165, 1.54) is 23.2 Å². The van der Waals surface area contributed by atoms with Crippen molar-refractivity contribution >= 4 is 15.9 Å². The van der Waals surface area contributed by atoms with Crippen molar-refractivity contribution in [2.24, 2.45) is 0 Å². The van der Waals surface area contributed by atoms with Gasteiger partial charge in [-0.2, -0.15) is 17.5 Å². The van der Waals surface area contributed by atoms with E-state index in [9.17, 15) is 26.4 Å². The van der Waals surface area contributed by atoms with Gasteiger partial charge >= 0.3 is 6.18 Å². The molecule has 2 atom stereocenters. The van der Waals surface area contributed by atoms with Crippen molar-refractivity contribution < 1.29 is 31.1 Å². The van der Waals surface area contributed by atoms with E-state index in [-0.39, 0.29) is 29.8 Å². The van der Waals surface area contributed by atoms with Crippen LogP contribution in [0.15, 0.2) is 47.4 Å². The Morgan fingerprint density at radius 3 is 2.66 bits per heavy atom. The average molecular weight is 552 g/mol. The van der Waals surface area contributed by atoms with Crippen molar-refractivity contribution in [3.63, 3.8) is 0 Å². The molecule has 0 bridgehead atoms. The normalized spacial score (nSPS) is 22.1. The van der Waals surface area contributed by atoms with Gasteiger partial charge in [-0.05, 0) is 61.9 Å². The van der Waals surface area contributed by atoms with Crippen LogP contribution in [0.5, 0.6) is 5.75 Å². The van der Waals surface area contributed by atoms with Crippen molar-refractivity contribution in [1.82, 2.24) is 14.9 Å². The number of hydrogen-bond acceptors (Lipinski definition) is 5. The summed E-state index contributed by atoms with van der Waals surface area (Å²) in [7, 11) is -4.12. The molecule has 2 fully saturated rings. The molecule has 2 aromatic carbocycles. The molecular formula is C27H32F3N3O4S. The Balaban J connectivity index is 1.19. The molecular weight excluding hydrogens is 519 g/mol. The molecule has 2 heterocycles. The molecule has 3 aliphatic rings. The summed E-state index contributed by atoms with van der Waals surface area (Å²) in [6.07, 6.45) is 0.000659. The van der Waals surface area contributed by atoms with Crippen molar-refractivity contribution in [1.29, 1.82) is 0 Å². The van der Waals surface area contributed by atoms with E-state index in [0.29, 0.717) is 44.4 Å². The second-order valence-corrected chi connectivity index (χ2v) is 12.2. The number of rotatable bonds is 9. The lowest BCUT2D eigenvalue weighted by molar-refractivity contribution is -0.137. The van der Waals surface area contributed by atoms with Crippen LogP contribution in [0.3, 0.4) is 0 Å². The molecule has 5 rings (SSSR count). The van der Waals surface area contributed by atoms with E-state index in [0.717, 1.165) is 35.6 Å². The first kappa shape index (κ1) is 27.0. The molecule has 2 unspecified atom stereocenters. The van der Waals surface area contributed by atoms with Crippen LogP contribution in [0, 0.1) is 0 Å². The van der Waals surface area contributed by atoms with Gasteiger partial charge in [0.1, 0.15) is 5.75 Å². The summed E-state index contributed by atoms with van der Waals surface area (Å²) < 4.78 is 72.8. The molecule has 206 valence electrons. The van der Waals surface area contributed by atoms with Gasteiger partial charge in [-0.15, -0.1) is 0 Å². The number of hydrogen-bond donors (Lipinski definition) is 2. The first-order chi connectivity index (χ1) is 18.1. The third kappa shape index (κ3) is 6.16. The molecule has 7 nitrogen and oxygen atoms in total. The highest BCUT2D eigenvalue weighted by molar-refractivity contribution is 7.89. The largest absolute Gasteiger partial charge is 0.493 e. The summed E-state index contributed by atoms with van der Waals surface area (Å²) >= 11 is 0. The predicted molar refractivity (Wildman–Crippen MR) is 135 cm³/mol. The number of carbonyl (C=O) groups excluding carboxylic acids is 1. The lowest BCUT2D eigenvalue weighted by Gasteiger charge is -2.28. The van der Waals surface area contributed by atoms with E-state index < -0.39 is 27.8 Å². The van der Waals surface area contributed by atoms with Crippen LogP contribution in [0.4, 0.5) is 13.2 Å². The van der Waals surface area contributed by atoms with Crippen LogP contribution >= 0.6 is 0 Å². The third-order valence-corrected chi connectivity index (χ3v) is 9.37. The minimum atomic E-state index is -4.63. The second kappa shape index (κ2) is 10.9. The summed E-state index contributed by atoms with van der Waals surface area (Å²) in [6.45, 7) is 1.48. The van der Waals surface area contributed by atoms with E-state index in [1.807, 2.05) is 18.2 Å². The molecule has 1 saturated heterocycles. The third-order valence-electron chi connectivity index (χ3n) is 7.42. The second-order valence-electron chi connectivity index (χ2n) is 10.3. The fraction of sp³-hybridized carbons (Fsp3) is 0.519. The Bertz CT molecular complexity index is 1280. The van der Waals surface area contributed by atoms with Gasteiger partial charge in [0.2, 0.25) is 15.9 Å². The van der Waals surface area contributed by atoms with Gasteiger partial charge in [0.25, 0.3) is 0 Å². The Morgan fingerprint density at radius 2 is 1.89 bits per heavy atom. The van der Waals surface area contributed by atoms with Crippen LogP contribution < -0.4 is 15.4 Å². The Kier molecular flexibility index (Phi) is 7.70. The summed E-state index contributed by atoms with van der Waals surface area (Å²) in [4.78, 5) is 12.5. The van der Waals surface area contributed by atoms with E-state index in [1.54, 1.807) is 0 Å². The van der Waals surface area contributed by atoms with Crippen molar-refractivity contribution in [2.45, 2.75) is 80.7 Å². The molecule has 0 spiro atoms. The van der Waals surface area contributed by atoms with Gasteiger partial charge < -0.3 is 15.4 Å². The molecule has 2 N–H and O–H groups in total. The highest BCUT2D eigenvalue weighted by atomic mass is 32.2. The quantitative estimate of drug-likeness (QED) is 0.478. The topological polar surface area (TPSA) is 87.7 Å². The smallest absolute Gasteiger partial charge is 0.416 e. The molecule has 38 heavy (non-hydrogen) atoms. The average Bonchev–Trinajstić information content (AvgIpc) is 3.60. The maximum atomic E-state index is 13.2. The Hall–Kier alpha value is -2.63. The van der Waals surface area contributed by atoms with Crippen molar-refractivity contribution in [3.05, 3.63) is 59.2 Å². The minimum Gasteiger partial charge on any atom is -0.493 e. The number of carbonyl (C=O) groups is 1. The van der Waals surface area contributed by atoms with Crippen LogP contribution in [0.25, 0.3) is 0 Å². The summed E-state index contributed by atoms with van der Waals surface area (Å²) in [5, 5.41) is 6.54. The molecule has 1 amide bonds. The first-order valence-corrected chi connectivity index (χ1v) is 14.5. The highest BCUT2D eigenvalue weighted by Gasteiger charge is 2.37. The van der Waals surface area contributed by atoms with E-state index >= 15 is 0 Å². The fourth-order valence-electron chi connectivity index (χ4n) is 5.19. The number of benzene rings is 2. The highest BCUT2D eigenvalue weighted by Crippen LogP contribution is 2.35. The van der Waals surface area contributed by atoms with Crippen LogP contribution in [0.1, 0.15) is 67.7 Å². The molecule has 11 heteroatoms. The summed E-state index contributed by atoms with van der Waals surface area (Å²) in [5.41, 5.74) is 1.05. The Labute approximate surface area is 220 Å². The first-order valence-electron chi connectivity index (χ1n) is 13.1. The van der Waals surface area contributed by atoms with Crippen molar-refractivity contribution in [3.8, 4) is 5.75 Å². The predicted octanol–water partition coefficient (Wildman–Crippen LogP) is 4.53. The SMILES string of the molecule is O=C(CCC1CCCN1S(=O)(=O)c1cccc(C(F)(F)F)c1)NC1CCOc2cc(CNC3CC3)ccc21. The Morgan fingerprint density at radius 1 is 1.08 bits per heavy atom. The fourth-order valence-corrected chi connectivity index (χ4v) is 6.96. The number of halogens is 3. The number of fused-ring (bicyclic) bond motifs is 1. The zero-order valence-corrected chi connectivity index (χ0v) is 21.8. The van der Waals surface area contributed by atoms with Gasteiger partial charge in [0.05, 0.1) is 23.1 Å². The monoisotopic (exact) mass is 551 g/mol. The zero-order chi connectivity index (χ0) is 26.9. The van der Waals surface area contributed by atoms with Gasteiger partial charge in [-0.3, -0.25) is 4.79 Å². The summed E-state index contributed by atoms with van der Waals surface area (Å²) in [5.74, 6) is 0.580. The number of nitrogens with zero attached hydrogens (tertiary/aromatic N) is 1.